The van der Waals surface area contributed by atoms with Gasteiger partial charge < -0.3 is 15.0 Å². The summed E-state index contributed by atoms with van der Waals surface area (Å²) in [7, 11) is 1.83. The van der Waals surface area contributed by atoms with E-state index >= 15 is 0 Å². The highest BCUT2D eigenvalue weighted by Crippen LogP contribution is 2.17. The minimum absolute atomic E-state index is 0. The Morgan fingerprint density at radius 1 is 1.37 bits per heavy atom. The number of hydrogen-bond donors (Lipinski definition) is 1. The number of nitro groups is 1. The van der Waals surface area contributed by atoms with Gasteiger partial charge in [0.05, 0.1) is 11.5 Å². The quantitative estimate of drug-likeness (QED) is 0.143. The van der Waals surface area contributed by atoms with Crippen LogP contribution >= 0.6 is 24.0 Å². The third kappa shape index (κ3) is 8.00. The molecule has 2 rings (SSSR count). The predicted molar refractivity (Wildman–Crippen MR) is 119 cm³/mol. The minimum Gasteiger partial charge on any atom is -0.381 e. The van der Waals surface area contributed by atoms with Crippen molar-refractivity contribution >= 4 is 35.6 Å². The van der Waals surface area contributed by atoms with Gasteiger partial charge in [-0.1, -0.05) is 12.1 Å². The Hall–Kier alpha value is -1.42. The number of hydrogen-bond acceptors (Lipinski definition) is 4. The second-order valence-electron chi connectivity index (χ2n) is 6.61. The van der Waals surface area contributed by atoms with Crippen LogP contribution in [0.1, 0.15) is 31.7 Å². The summed E-state index contributed by atoms with van der Waals surface area (Å²) >= 11 is 0. The van der Waals surface area contributed by atoms with E-state index < -0.39 is 0 Å². The Morgan fingerprint density at radius 2 is 2.11 bits per heavy atom. The summed E-state index contributed by atoms with van der Waals surface area (Å²) in [5.41, 5.74) is 1.28. The maximum absolute atomic E-state index is 10.7. The van der Waals surface area contributed by atoms with Gasteiger partial charge in [0.15, 0.2) is 5.96 Å². The topological polar surface area (TPSA) is 80.0 Å². The lowest BCUT2D eigenvalue weighted by Crippen LogP contribution is -2.40. The number of guanidine groups is 1. The average molecular weight is 490 g/mol. The molecular formula is C19H31IN4O3. The van der Waals surface area contributed by atoms with Gasteiger partial charge >= 0.3 is 0 Å². The molecule has 1 aromatic carbocycles. The largest absolute Gasteiger partial charge is 0.381 e. The van der Waals surface area contributed by atoms with Gasteiger partial charge in [-0.15, -0.1) is 24.0 Å². The number of halogens is 1. The summed E-state index contributed by atoms with van der Waals surface area (Å²) in [6.07, 6.45) is 4.15. The van der Waals surface area contributed by atoms with Gasteiger partial charge in [0.25, 0.3) is 5.69 Å². The molecular weight excluding hydrogens is 459 g/mol. The van der Waals surface area contributed by atoms with Crippen LogP contribution < -0.4 is 5.32 Å². The maximum atomic E-state index is 10.7. The standard InChI is InChI=1S/C19H30N4O3.HI/c1-3-26-15-17-11-13-22(14-17)19(20-2)21-12-5-4-6-16-7-9-18(10-8-16)23(24)25;/h7-10,17H,3-6,11-15H2,1-2H3,(H,20,21);1H. The lowest BCUT2D eigenvalue weighted by Gasteiger charge is -2.21. The van der Waals surface area contributed by atoms with Crippen molar-refractivity contribution in [1.29, 1.82) is 0 Å². The van der Waals surface area contributed by atoms with E-state index in [0.29, 0.717) is 5.92 Å². The first-order valence-corrected chi connectivity index (χ1v) is 9.40. The number of rotatable bonds is 9. The Morgan fingerprint density at radius 3 is 2.74 bits per heavy atom. The Kier molecular flexibility index (Phi) is 11.3. The summed E-state index contributed by atoms with van der Waals surface area (Å²) in [6.45, 7) is 6.55. The summed E-state index contributed by atoms with van der Waals surface area (Å²) < 4.78 is 5.53. The third-order valence-corrected chi connectivity index (χ3v) is 4.68. The number of unbranched alkanes of at least 4 members (excludes halogenated alkanes) is 1. The molecule has 0 radical (unpaired) electrons. The number of aliphatic imine (C=N–C) groups is 1. The van der Waals surface area contributed by atoms with Crippen LogP contribution in [0.25, 0.3) is 0 Å². The molecule has 1 N–H and O–H groups in total. The van der Waals surface area contributed by atoms with Crippen LogP contribution in [-0.2, 0) is 11.2 Å². The highest BCUT2D eigenvalue weighted by molar-refractivity contribution is 14.0. The molecule has 7 nitrogen and oxygen atoms in total. The van der Waals surface area contributed by atoms with Gasteiger partial charge in [-0.2, -0.15) is 0 Å². The number of nitro benzene ring substituents is 1. The zero-order valence-corrected chi connectivity index (χ0v) is 18.6. The van der Waals surface area contributed by atoms with Crippen molar-refractivity contribution in [3.8, 4) is 0 Å². The summed E-state index contributed by atoms with van der Waals surface area (Å²) in [6, 6.07) is 6.82. The van der Waals surface area contributed by atoms with Crippen LogP contribution in [0, 0.1) is 16.0 Å². The van der Waals surface area contributed by atoms with Gasteiger partial charge in [-0.05, 0) is 38.2 Å². The summed E-state index contributed by atoms with van der Waals surface area (Å²) in [5.74, 6) is 1.56. The van der Waals surface area contributed by atoms with E-state index in [9.17, 15) is 10.1 Å². The van der Waals surface area contributed by atoms with Crippen molar-refractivity contribution in [1.82, 2.24) is 10.2 Å². The molecule has 0 bridgehead atoms. The van der Waals surface area contributed by atoms with Crippen LogP contribution in [0.4, 0.5) is 5.69 Å². The molecule has 1 saturated heterocycles. The number of nitrogens with one attached hydrogen (secondary N) is 1. The minimum atomic E-state index is -0.364. The van der Waals surface area contributed by atoms with Crippen molar-refractivity contribution in [3.63, 3.8) is 0 Å². The lowest BCUT2D eigenvalue weighted by atomic mass is 10.1. The molecule has 0 amide bonds. The molecule has 152 valence electrons. The van der Waals surface area contributed by atoms with Crippen LogP contribution in [0.2, 0.25) is 0 Å². The molecule has 0 spiro atoms. The monoisotopic (exact) mass is 490 g/mol. The van der Waals surface area contributed by atoms with E-state index in [1.165, 1.54) is 0 Å². The van der Waals surface area contributed by atoms with E-state index in [1.54, 1.807) is 12.1 Å². The molecule has 0 saturated carbocycles. The van der Waals surface area contributed by atoms with Gasteiger partial charge in [0.1, 0.15) is 0 Å². The normalized spacial score (nSPS) is 16.9. The Bertz CT molecular complexity index is 595. The van der Waals surface area contributed by atoms with E-state index in [4.69, 9.17) is 4.74 Å². The molecule has 8 heteroatoms. The van der Waals surface area contributed by atoms with E-state index in [-0.39, 0.29) is 34.6 Å². The zero-order chi connectivity index (χ0) is 18.8. The van der Waals surface area contributed by atoms with Crippen molar-refractivity contribution < 1.29 is 9.66 Å². The van der Waals surface area contributed by atoms with Crippen molar-refractivity contribution in [3.05, 3.63) is 39.9 Å². The number of aryl methyl sites for hydroxylation is 1. The molecule has 0 aromatic heterocycles. The molecule has 1 unspecified atom stereocenters. The van der Waals surface area contributed by atoms with Gasteiger partial charge in [-0.3, -0.25) is 15.1 Å². The smallest absolute Gasteiger partial charge is 0.269 e. The lowest BCUT2D eigenvalue weighted by molar-refractivity contribution is -0.384. The molecule has 1 aliphatic heterocycles. The van der Waals surface area contributed by atoms with Crippen molar-refractivity contribution in [2.75, 3.05) is 39.9 Å². The fraction of sp³-hybridized carbons (Fsp3) is 0.632. The fourth-order valence-corrected chi connectivity index (χ4v) is 3.22. The van der Waals surface area contributed by atoms with Gasteiger partial charge in [0, 0.05) is 51.3 Å². The number of ether oxygens (including phenoxy) is 1. The van der Waals surface area contributed by atoms with Crippen molar-refractivity contribution in [2.24, 2.45) is 10.9 Å². The molecule has 0 aliphatic carbocycles. The van der Waals surface area contributed by atoms with Crippen LogP contribution in [0.5, 0.6) is 0 Å². The van der Waals surface area contributed by atoms with E-state index in [2.05, 4.69) is 15.2 Å². The predicted octanol–water partition coefficient (Wildman–Crippen LogP) is 3.47. The molecule has 1 heterocycles. The number of likely N-dealkylation sites (tertiary alicyclic amines) is 1. The number of benzene rings is 1. The van der Waals surface area contributed by atoms with Gasteiger partial charge in [-0.25, -0.2) is 0 Å². The summed E-state index contributed by atoms with van der Waals surface area (Å²) in [5, 5.41) is 14.1. The SMILES string of the molecule is CCOCC1CCN(C(=NC)NCCCCc2ccc([N+](=O)[O-])cc2)C1.I. The van der Waals surface area contributed by atoms with Gasteiger partial charge in [0.2, 0.25) is 0 Å². The average Bonchev–Trinajstić information content (AvgIpc) is 3.12. The number of non-ortho nitro benzene ring substituents is 1. The molecule has 27 heavy (non-hydrogen) atoms. The van der Waals surface area contributed by atoms with Crippen LogP contribution in [0.3, 0.4) is 0 Å². The molecule has 1 aromatic rings. The highest BCUT2D eigenvalue weighted by atomic mass is 127. The second-order valence-corrected chi connectivity index (χ2v) is 6.61. The number of nitrogens with zero attached hydrogens (tertiary/aromatic N) is 3. The third-order valence-electron chi connectivity index (χ3n) is 4.68. The Labute approximate surface area is 178 Å². The maximum Gasteiger partial charge on any atom is 0.269 e. The molecule has 1 aliphatic rings. The van der Waals surface area contributed by atoms with E-state index in [1.807, 2.05) is 26.1 Å². The van der Waals surface area contributed by atoms with E-state index in [0.717, 1.165) is 70.1 Å². The highest BCUT2D eigenvalue weighted by Gasteiger charge is 2.24. The zero-order valence-electron chi connectivity index (χ0n) is 16.2. The van der Waals surface area contributed by atoms with Crippen LogP contribution in [0.15, 0.2) is 29.3 Å². The summed E-state index contributed by atoms with van der Waals surface area (Å²) in [4.78, 5) is 17.0. The molecule has 1 fully saturated rings. The Balaban J connectivity index is 0.00000364. The first-order valence-electron chi connectivity index (χ1n) is 9.40. The molecule has 1 atom stereocenters. The second kappa shape index (κ2) is 12.9. The van der Waals surface area contributed by atoms with Crippen molar-refractivity contribution in [2.45, 2.75) is 32.6 Å². The fourth-order valence-electron chi connectivity index (χ4n) is 3.22. The first kappa shape index (κ1) is 23.6. The van der Waals surface area contributed by atoms with Crippen LogP contribution in [-0.4, -0.2) is 55.7 Å². The first-order chi connectivity index (χ1) is 12.6.